The highest BCUT2D eigenvalue weighted by Crippen LogP contribution is 2.20. The van der Waals surface area contributed by atoms with E-state index in [2.05, 4.69) is 17.2 Å². The molecule has 1 rings (SSSR count). The third-order valence-electron chi connectivity index (χ3n) is 3.30. The molecule has 1 amide bonds. The molecule has 17 heavy (non-hydrogen) atoms. The zero-order chi connectivity index (χ0) is 12.8. The van der Waals surface area contributed by atoms with E-state index in [1.807, 2.05) is 0 Å². The Hall–Kier alpha value is -0.690. The lowest BCUT2D eigenvalue weighted by molar-refractivity contribution is -0.126. The van der Waals surface area contributed by atoms with Gasteiger partial charge in [0.15, 0.2) is 0 Å². The van der Waals surface area contributed by atoms with E-state index in [4.69, 9.17) is 15.3 Å². The Labute approximate surface area is 102 Å². The zero-order valence-corrected chi connectivity index (χ0v) is 10.8. The maximum Gasteiger partial charge on any atom is 0.251 e. The van der Waals surface area contributed by atoms with Crippen molar-refractivity contribution in [3.05, 3.63) is 0 Å². The molecule has 0 saturated carbocycles. The predicted molar refractivity (Wildman–Crippen MR) is 64.2 cm³/mol. The Morgan fingerprint density at radius 1 is 1.41 bits per heavy atom. The molecule has 1 heterocycles. The number of ether oxygens (including phenoxy) is 2. The lowest BCUT2D eigenvalue weighted by Crippen LogP contribution is -2.48. The number of methoxy groups -OCH3 is 2. The Bertz CT molecular complexity index is 238. The van der Waals surface area contributed by atoms with Crippen LogP contribution in [0.5, 0.6) is 0 Å². The van der Waals surface area contributed by atoms with Crippen molar-refractivity contribution in [2.24, 2.45) is 5.84 Å². The molecular formula is C11H23N3O3. The maximum atomic E-state index is 11.7. The summed E-state index contributed by atoms with van der Waals surface area (Å²) in [5.41, 5.74) is 2.23. The number of hydrogen-bond donors (Lipinski definition) is 2. The standard InChI is InChI=1S/C11H23N3O3/c1-4-5-8(11(15)13-12)14-6-9(16-2)10(7-14)17-3/h8-10H,4-7,12H2,1-3H3,(H,13,15). The smallest absolute Gasteiger partial charge is 0.251 e. The van der Waals surface area contributed by atoms with E-state index in [1.165, 1.54) is 0 Å². The van der Waals surface area contributed by atoms with Crippen molar-refractivity contribution in [1.29, 1.82) is 0 Å². The van der Waals surface area contributed by atoms with Crippen LogP contribution in [0.3, 0.4) is 0 Å². The van der Waals surface area contributed by atoms with Crippen LogP contribution in [-0.4, -0.2) is 56.4 Å². The van der Waals surface area contributed by atoms with E-state index in [0.29, 0.717) is 13.1 Å². The Morgan fingerprint density at radius 2 is 1.94 bits per heavy atom. The first kappa shape index (κ1) is 14.4. The topological polar surface area (TPSA) is 76.8 Å². The zero-order valence-electron chi connectivity index (χ0n) is 10.8. The number of nitrogens with zero attached hydrogens (tertiary/aromatic N) is 1. The Kier molecular flexibility index (Phi) is 5.84. The summed E-state index contributed by atoms with van der Waals surface area (Å²) in [5.74, 6) is 5.08. The number of hydrazine groups is 1. The van der Waals surface area contributed by atoms with E-state index < -0.39 is 0 Å². The summed E-state index contributed by atoms with van der Waals surface area (Å²) in [6, 6.07) is -0.192. The van der Waals surface area contributed by atoms with Gasteiger partial charge in [0.05, 0.1) is 18.2 Å². The molecule has 0 aromatic rings. The summed E-state index contributed by atoms with van der Waals surface area (Å²) in [6.07, 6.45) is 1.76. The van der Waals surface area contributed by atoms with Crippen LogP contribution < -0.4 is 11.3 Å². The third-order valence-corrected chi connectivity index (χ3v) is 3.30. The number of likely N-dealkylation sites (tertiary alicyclic amines) is 1. The molecule has 3 atom stereocenters. The third kappa shape index (κ3) is 3.38. The minimum Gasteiger partial charge on any atom is -0.377 e. The quantitative estimate of drug-likeness (QED) is 0.374. The van der Waals surface area contributed by atoms with Gasteiger partial charge in [-0.15, -0.1) is 0 Å². The fourth-order valence-corrected chi connectivity index (χ4v) is 2.33. The van der Waals surface area contributed by atoms with Gasteiger partial charge in [-0.3, -0.25) is 15.1 Å². The van der Waals surface area contributed by atoms with Crippen LogP contribution in [0.1, 0.15) is 19.8 Å². The molecule has 3 N–H and O–H groups in total. The number of carbonyl (C=O) groups excluding carboxylic acids is 1. The SMILES string of the molecule is CCCC(C(=O)NN)N1CC(OC)C(OC)C1. The van der Waals surface area contributed by atoms with E-state index in [0.717, 1.165) is 12.8 Å². The van der Waals surface area contributed by atoms with Gasteiger partial charge < -0.3 is 9.47 Å². The molecule has 0 aromatic carbocycles. The highest BCUT2D eigenvalue weighted by Gasteiger charge is 2.38. The number of nitrogens with two attached hydrogens (primary N) is 1. The molecule has 1 saturated heterocycles. The van der Waals surface area contributed by atoms with Crippen molar-refractivity contribution in [3.63, 3.8) is 0 Å². The Balaban J connectivity index is 2.66. The van der Waals surface area contributed by atoms with Crippen LogP contribution in [0.4, 0.5) is 0 Å². The second kappa shape index (κ2) is 6.90. The fourth-order valence-electron chi connectivity index (χ4n) is 2.33. The Morgan fingerprint density at radius 3 is 2.29 bits per heavy atom. The molecule has 0 aliphatic carbocycles. The molecule has 0 radical (unpaired) electrons. The minimum absolute atomic E-state index is 0.0185. The van der Waals surface area contributed by atoms with E-state index in [1.54, 1.807) is 14.2 Å². The summed E-state index contributed by atoms with van der Waals surface area (Å²) in [6.45, 7) is 3.45. The lowest BCUT2D eigenvalue weighted by Gasteiger charge is -2.25. The van der Waals surface area contributed by atoms with Gasteiger partial charge in [-0.25, -0.2) is 5.84 Å². The second-order valence-corrected chi connectivity index (χ2v) is 4.32. The van der Waals surface area contributed by atoms with Crippen LogP contribution in [0.2, 0.25) is 0 Å². The fraction of sp³-hybridized carbons (Fsp3) is 0.909. The molecule has 100 valence electrons. The number of hydrogen-bond acceptors (Lipinski definition) is 5. The maximum absolute atomic E-state index is 11.7. The molecule has 3 unspecified atom stereocenters. The molecular weight excluding hydrogens is 222 g/mol. The first-order valence-electron chi connectivity index (χ1n) is 5.98. The number of nitrogens with one attached hydrogen (secondary N) is 1. The largest absolute Gasteiger partial charge is 0.377 e. The summed E-state index contributed by atoms with van der Waals surface area (Å²) < 4.78 is 10.7. The minimum atomic E-state index is -0.192. The summed E-state index contributed by atoms with van der Waals surface area (Å²) >= 11 is 0. The van der Waals surface area contributed by atoms with E-state index in [9.17, 15) is 4.79 Å². The van der Waals surface area contributed by atoms with Gasteiger partial charge in [-0.05, 0) is 6.42 Å². The molecule has 0 bridgehead atoms. The summed E-state index contributed by atoms with van der Waals surface area (Å²) in [4.78, 5) is 13.8. The van der Waals surface area contributed by atoms with Crippen LogP contribution in [0, 0.1) is 0 Å². The van der Waals surface area contributed by atoms with Crippen molar-refractivity contribution in [2.75, 3.05) is 27.3 Å². The monoisotopic (exact) mass is 245 g/mol. The molecule has 0 spiro atoms. The molecule has 0 aromatic heterocycles. The van der Waals surface area contributed by atoms with Gasteiger partial charge in [-0.2, -0.15) is 0 Å². The molecule has 1 fully saturated rings. The molecule has 6 nitrogen and oxygen atoms in total. The molecule has 1 aliphatic rings. The molecule has 6 heteroatoms. The number of carbonyl (C=O) groups is 1. The van der Waals surface area contributed by atoms with Crippen molar-refractivity contribution in [2.45, 2.75) is 38.0 Å². The average Bonchev–Trinajstić information content (AvgIpc) is 2.77. The van der Waals surface area contributed by atoms with Crippen LogP contribution in [-0.2, 0) is 14.3 Å². The highest BCUT2D eigenvalue weighted by molar-refractivity contribution is 5.81. The van der Waals surface area contributed by atoms with E-state index >= 15 is 0 Å². The first-order chi connectivity index (χ1) is 8.17. The second-order valence-electron chi connectivity index (χ2n) is 4.32. The highest BCUT2D eigenvalue weighted by atomic mass is 16.5. The van der Waals surface area contributed by atoms with Crippen LogP contribution >= 0.6 is 0 Å². The number of rotatable bonds is 6. The van der Waals surface area contributed by atoms with Gasteiger partial charge in [0.1, 0.15) is 0 Å². The van der Waals surface area contributed by atoms with Crippen molar-refractivity contribution in [1.82, 2.24) is 10.3 Å². The van der Waals surface area contributed by atoms with Gasteiger partial charge >= 0.3 is 0 Å². The predicted octanol–water partition coefficient (Wildman–Crippen LogP) is -0.509. The summed E-state index contributed by atoms with van der Waals surface area (Å²) in [7, 11) is 3.33. The van der Waals surface area contributed by atoms with Crippen LogP contribution in [0.25, 0.3) is 0 Å². The van der Waals surface area contributed by atoms with Crippen molar-refractivity contribution < 1.29 is 14.3 Å². The first-order valence-corrected chi connectivity index (χ1v) is 5.98. The van der Waals surface area contributed by atoms with Gasteiger partial charge in [0, 0.05) is 27.3 Å². The van der Waals surface area contributed by atoms with Crippen molar-refractivity contribution >= 4 is 5.91 Å². The normalized spacial score (nSPS) is 27.1. The van der Waals surface area contributed by atoms with Crippen LogP contribution in [0.15, 0.2) is 0 Å². The van der Waals surface area contributed by atoms with Gasteiger partial charge in [0.2, 0.25) is 0 Å². The van der Waals surface area contributed by atoms with Crippen molar-refractivity contribution in [3.8, 4) is 0 Å². The average molecular weight is 245 g/mol. The molecule has 1 aliphatic heterocycles. The number of amides is 1. The van der Waals surface area contributed by atoms with Gasteiger partial charge in [0.25, 0.3) is 5.91 Å². The lowest BCUT2D eigenvalue weighted by atomic mass is 10.1. The summed E-state index contributed by atoms with van der Waals surface area (Å²) in [5, 5.41) is 0. The van der Waals surface area contributed by atoms with E-state index in [-0.39, 0.29) is 24.2 Å². The van der Waals surface area contributed by atoms with Gasteiger partial charge in [-0.1, -0.05) is 13.3 Å².